The summed E-state index contributed by atoms with van der Waals surface area (Å²) in [7, 11) is 0. The van der Waals surface area contributed by atoms with Crippen LogP contribution in [-0.2, 0) is 4.74 Å². The van der Waals surface area contributed by atoms with Gasteiger partial charge in [-0.3, -0.25) is 9.59 Å². The number of carbonyl (C=O) groups excluding carboxylic acids is 1. The Bertz CT molecular complexity index is 1540. The number of fused-ring (bicyclic) bond motifs is 1. The molecule has 1 amide bonds. The summed E-state index contributed by atoms with van der Waals surface area (Å²) in [6, 6.07) is 17.0. The molecule has 196 valence electrons. The zero-order valence-electron chi connectivity index (χ0n) is 22.3. The maximum atomic E-state index is 13.4. The van der Waals surface area contributed by atoms with Gasteiger partial charge in [-0.15, -0.1) is 0 Å². The number of benzene rings is 2. The van der Waals surface area contributed by atoms with E-state index in [1.54, 1.807) is 6.92 Å². The van der Waals surface area contributed by atoms with Crippen molar-refractivity contribution in [1.82, 2.24) is 10.3 Å². The van der Waals surface area contributed by atoms with Crippen LogP contribution < -0.4 is 16.1 Å². The van der Waals surface area contributed by atoms with Gasteiger partial charge in [-0.1, -0.05) is 36.4 Å². The molecule has 1 fully saturated rings. The Hall–Kier alpha value is -3.97. The first kappa shape index (κ1) is 25.7. The number of aryl methyl sites for hydroxylation is 2. The quantitative estimate of drug-likeness (QED) is 0.330. The van der Waals surface area contributed by atoms with E-state index < -0.39 is 0 Å². The van der Waals surface area contributed by atoms with Gasteiger partial charge in [0.2, 0.25) is 0 Å². The van der Waals surface area contributed by atoms with Gasteiger partial charge in [0.25, 0.3) is 5.91 Å². The molecule has 0 radical (unpaired) electrons. The second kappa shape index (κ2) is 10.8. The van der Waals surface area contributed by atoms with E-state index in [1.807, 2.05) is 75.4 Å². The molecule has 2 aromatic carbocycles. The van der Waals surface area contributed by atoms with Gasteiger partial charge >= 0.3 is 0 Å². The molecule has 0 saturated carbocycles. The highest BCUT2D eigenvalue weighted by atomic mass is 16.5. The Morgan fingerprint density at radius 3 is 2.63 bits per heavy atom. The Balaban J connectivity index is 1.51. The average Bonchev–Trinajstić information content (AvgIpc) is 3.44. The minimum Gasteiger partial charge on any atom is -0.455 e. The van der Waals surface area contributed by atoms with Crippen LogP contribution in [0.2, 0.25) is 0 Å². The number of amides is 1. The van der Waals surface area contributed by atoms with E-state index in [2.05, 4.69) is 15.6 Å². The predicted octanol–water partition coefficient (Wildman–Crippen LogP) is 5.72. The van der Waals surface area contributed by atoms with Crippen molar-refractivity contribution in [3.63, 3.8) is 0 Å². The summed E-state index contributed by atoms with van der Waals surface area (Å²) in [4.78, 5) is 31.1. The summed E-state index contributed by atoms with van der Waals surface area (Å²) in [5, 5.41) is 7.03. The van der Waals surface area contributed by atoms with Crippen LogP contribution in [-0.4, -0.2) is 30.6 Å². The number of pyridine rings is 1. The molecule has 7 nitrogen and oxygen atoms in total. The standard InChI is InChI=1S/C31H33N3O4/c1-18-14-24(30-25(15-18)28(35)20(3)29(38-30)23-8-6-5-7-9-23)21(4)34-26-11-10-19(2)33-27(26)31(36)32-16-22-12-13-37-17-22/h5-11,14-15,21-22,34H,12-13,16-17H2,1-4H3,(H,32,36)/t21?,22-/m0/s1. The molecule has 2 N–H and O–H groups in total. The Kier molecular flexibility index (Phi) is 7.29. The fourth-order valence-corrected chi connectivity index (χ4v) is 4.98. The van der Waals surface area contributed by atoms with Gasteiger partial charge in [0.1, 0.15) is 11.3 Å². The van der Waals surface area contributed by atoms with Crippen molar-refractivity contribution in [3.05, 3.63) is 92.9 Å². The van der Waals surface area contributed by atoms with E-state index in [-0.39, 0.29) is 17.4 Å². The smallest absolute Gasteiger partial charge is 0.272 e. The molecule has 3 heterocycles. The Labute approximate surface area is 222 Å². The van der Waals surface area contributed by atoms with Crippen molar-refractivity contribution < 1.29 is 13.9 Å². The molecule has 2 atom stereocenters. The molecule has 38 heavy (non-hydrogen) atoms. The van der Waals surface area contributed by atoms with Crippen molar-refractivity contribution >= 4 is 22.6 Å². The molecular formula is C31H33N3O4. The Morgan fingerprint density at radius 2 is 1.89 bits per heavy atom. The second-order valence-corrected chi connectivity index (χ2v) is 10.1. The van der Waals surface area contributed by atoms with Gasteiger partial charge in [-0.05, 0) is 57.9 Å². The third kappa shape index (κ3) is 5.20. The molecule has 1 unspecified atom stereocenters. The summed E-state index contributed by atoms with van der Waals surface area (Å²) in [6.45, 7) is 9.59. The number of hydrogen-bond donors (Lipinski definition) is 2. The number of ether oxygens (including phenoxy) is 1. The van der Waals surface area contributed by atoms with E-state index >= 15 is 0 Å². The third-order valence-corrected chi connectivity index (χ3v) is 7.09. The molecule has 5 rings (SSSR count). The first-order chi connectivity index (χ1) is 18.3. The van der Waals surface area contributed by atoms with E-state index in [0.29, 0.717) is 52.7 Å². The predicted molar refractivity (Wildman–Crippen MR) is 150 cm³/mol. The minimum atomic E-state index is -0.272. The zero-order chi connectivity index (χ0) is 26.8. The van der Waals surface area contributed by atoms with E-state index in [9.17, 15) is 9.59 Å². The lowest BCUT2D eigenvalue weighted by Gasteiger charge is -2.20. The van der Waals surface area contributed by atoms with Crippen LogP contribution in [0.15, 0.2) is 63.8 Å². The molecule has 2 aromatic heterocycles. The molecule has 0 aliphatic carbocycles. The largest absolute Gasteiger partial charge is 0.455 e. The highest BCUT2D eigenvalue weighted by Crippen LogP contribution is 2.32. The van der Waals surface area contributed by atoms with E-state index in [4.69, 9.17) is 9.15 Å². The summed E-state index contributed by atoms with van der Waals surface area (Å²) < 4.78 is 11.9. The van der Waals surface area contributed by atoms with Gasteiger partial charge in [-0.25, -0.2) is 4.98 Å². The van der Waals surface area contributed by atoms with Crippen LogP contribution in [0.5, 0.6) is 0 Å². The molecule has 4 aromatic rings. The zero-order valence-corrected chi connectivity index (χ0v) is 22.3. The SMILES string of the molecule is Cc1cc(C(C)Nc2ccc(C)nc2C(=O)NC[C@@H]2CCOC2)c2oc(-c3ccccc3)c(C)c(=O)c2c1. The van der Waals surface area contributed by atoms with Crippen LogP contribution >= 0.6 is 0 Å². The number of aromatic nitrogens is 1. The molecule has 7 heteroatoms. The summed E-state index contributed by atoms with van der Waals surface area (Å²) >= 11 is 0. The minimum absolute atomic E-state index is 0.0461. The third-order valence-electron chi connectivity index (χ3n) is 7.09. The fourth-order valence-electron chi connectivity index (χ4n) is 4.98. The number of carbonyl (C=O) groups is 1. The lowest BCUT2D eigenvalue weighted by atomic mass is 9.98. The van der Waals surface area contributed by atoms with E-state index in [1.165, 1.54) is 0 Å². The number of anilines is 1. The van der Waals surface area contributed by atoms with Crippen molar-refractivity contribution in [2.45, 2.75) is 40.2 Å². The van der Waals surface area contributed by atoms with Crippen molar-refractivity contribution in [2.75, 3.05) is 25.1 Å². The Morgan fingerprint density at radius 1 is 1.11 bits per heavy atom. The average molecular weight is 512 g/mol. The maximum Gasteiger partial charge on any atom is 0.272 e. The van der Waals surface area contributed by atoms with Gasteiger partial charge in [0.15, 0.2) is 11.1 Å². The van der Waals surface area contributed by atoms with Crippen LogP contribution in [0.25, 0.3) is 22.3 Å². The van der Waals surface area contributed by atoms with Crippen molar-refractivity contribution in [3.8, 4) is 11.3 Å². The van der Waals surface area contributed by atoms with Gasteiger partial charge < -0.3 is 19.8 Å². The topological polar surface area (TPSA) is 93.5 Å². The number of hydrogen-bond acceptors (Lipinski definition) is 6. The molecule has 1 aliphatic rings. The highest BCUT2D eigenvalue weighted by Gasteiger charge is 2.22. The number of rotatable bonds is 7. The molecule has 0 bridgehead atoms. The molecule has 0 spiro atoms. The highest BCUT2D eigenvalue weighted by molar-refractivity contribution is 5.98. The molecule has 1 aliphatic heterocycles. The first-order valence-corrected chi connectivity index (χ1v) is 13.1. The van der Waals surface area contributed by atoms with Crippen LogP contribution in [0.4, 0.5) is 5.69 Å². The summed E-state index contributed by atoms with van der Waals surface area (Å²) in [5.41, 5.74) is 5.44. The van der Waals surface area contributed by atoms with Crippen LogP contribution in [0, 0.1) is 26.7 Å². The van der Waals surface area contributed by atoms with Crippen molar-refractivity contribution in [1.29, 1.82) is 0 Å². The molecular weight excluding hydrogens is 478 g/mol. The number of nitrogens with zero attached hydrogens (tertiary/aromatic N) is 1. The van der Waals surface area contributed by atoms with Crippen LogP contribution in [0.1, 0.15) is 52.3 Å². The van der Waals surface area contributed by atoms with Gasteiger partial charge in [0.05, 0.1) is 23.7 Å². The normalized spacial score (nSPS) is 15.9. The molecule has 1 saturated heterocycles. The second-order valence-electron chi connectivity index (χ2n) is 10.1. The van der Waals surface area contributed by atoms with Gasteiger partial charge in [0, 0.05) is 41.5 Å². The lowest BCUT2D eigenvalue weighted by molar-refractivity contribution is 0.0940. The monoisotopic (exact) mass is 511 g/mol. The van der Waals surface area contributed by atoms with Crippen molar-refractivity contribution in [2.24, 2.45) is 5.92 Å². The maximum absolute atomic E-state index is 13.4. The fraction of sp³-hybridized carbons (Fsp3) is 0.323. The lowest BCUT2D eigenvalue weighted by Crippen LogP contribution is -2.31. The van der Waals surface area contributed by atoms with Gasteiger partial charge in [-0.2, -0.15) is 0 Å². The number of nitrogens with one attached hydrogen (secondary N) is 2. The summed E-state index contributed by atoms with van der Waals surface area (Å²) in [5.74, 6) is 0.661. The van der Waals surface area contributed by atoms with E-state index in [0.717, 1.165) is 35.4 Å². The van der Waals surface area contributed by atoms with Crippen LogP contribution in [0.3, 0.4) is 0 Å². The first-order valence-electron chi connectivity index (χ1n) is 13.1. The summed E-state index contributed by atoms with van der Waals surface area (Å²) in [6.07, 6.45) is 0.944.